The first kappa shape index (κ1) is 15.5. The number of nitrogens with zero attached hydrogens (tertiary/aromatic N) is 3. The lowest BCUT2D eigenvalue weighted by molar-refractivity contribution is 0.102. The Bertz CT molecular complexity index is 539. The molecule has 0 radical (unpaired) electrons. The Morgan fingerprint density at radius 3 is 3.00 bits per heavy atom. The number of ether oxygens (including phenoxy) is 1. The van der Waals surface area contributed by atoms with Crippen molar-refractivity contribution in [2.24, 2.45) is 0 Å². The number of anilines is 1. The second kappa shape index (κ2) is 6.74. The highest BCUT2D eigenvalue weighted by Crippen LogP contribution is 2.34. The molecule has 0 fully saturated rings. The zero-order valence-corrected chi connectivity index (χ0v) is 12.8. The minimum atomic E-state index is -0.633. The Morgan fingerprint density at radius 1 is 1.57 bits per heavy atom. The molecule has 0 aromatic carbocycles. The second-order valence-corrected chi connectivity index (χ2v) is 5.62. The van der Waals surface area contributed by atoms with E-state index in [9.17, 15) is 10.4 Å². The second-order valence-electron chi connectivity index (χ2n) is 5.62. The van der Waals surface area contributed by atoms with Crippen LogP contribution in [0.1, 0.15) is 25.0 Å². The fraction of sp³-hybridized carbons (Fsp3) is 0.600. The Kier molecular flexibility index (Phi) is 4.99. The zero-order valence-electron chi connectivity index (χ0n) is 12.8. The van der Waals surface area contributed by atoms with E-state index in [1.165, 1.54) is 0 Å². The minimum absolute atomic E-state index is 0.115. The maximum atomic E-state index is 9.86. The van der Waals surface area contributed by atoms with Crippen molar-refractivity contribution in [3.63, 3.8) is 0 Å². The lowest BCUT2D eigenvalue weighted by Gasteiger charge is -2.17. The Hall–Kier alpha value is -1.84. The van der Waals surface area contributed by atoms with Gasteiger partial charge in [-0.3, -0.25) is 0 Å². The summed E-state index contributed by atoms with van der Waals surface area (Å²) < 4.78 is 5.55. The first-order chi connectivity index (χ1) is 10.0. The summed E-state index contributed by atoms with van der Waals surface area (Å²) in [6.07, 6.45) is 2.02. The topological polar surface area (TPSA) is 81.4 Å². The summed E-state index contributed by atoms with van der Waals surface area (Å²) in [4.78, 5) is 6.26. The maximum Gasteiger partial charge on any atom is 0.233 e. The molecule has 21 heavy (non-hydrogen) atoms. The first-order valence-electron chi connectivity index (χ1n) is 7.20. The van der Waals surface area contributed by atoms with Gasteiger partial charge in [0, 0.05) is 32.4 Å². The van der Waals surface area contributed by atoms with Crippen LogP contribution >= 0.6 is 0 Å². The number of nitriles is 1. The monoisotopic (exact) mass is 290 g/mol. The van der Waals surface area contributed by atoms with Crippen LogP contribution in [0.2, 0.25) is 0 Å². The van der Waals surface area contributed by atoms with Crippen molar-refractivity contribution in [2.45, 2.75) is 32.4 Å². The molecule has 6 heteroatoms. The van der Waals surface area contributed by atoms with Crippen molar-refractivity contribution in [1.29, 1.82) is 5.26 Å². The fourth-order valence-corrected chi connectivity index (χ4v) is 2.36. The highest BCUT2D eigenvalue weighted by Gasteiger charge is 2.24. The van der Waals surface area contributed by atoms with Crippen molar-refractivity contribution in [1.82, 2.24) is 10.3 Å². The van der Waals surface area contributed by atoms with Gasteiger partial charge in [-0.2, -0.15) is 5.26 Å². The molecule has 0 bridgehead atoms. The van der Waals surface area contributed by atoms with E-state index in [0.717, 1.165) is 24.2 Å². The molecule has 1 unspecified atom stereocenters. The van der Waals surface area contributed by atoms with E-state index in [0.29, 0.717) is 24.0 Å². The quantitative estimate of drug-likeness (QED) is 0.802. The SMILES string of the molecule is CC(C)NCC(O)COc1ncc2c(c1C#N)N(C)CC2. The van der Waals surface area contributed by atoms with Crippen molar-refractivity contribution in [3.8, 4) is 11.9 Å². The number of hydrogen-bond acceptors (Lipinski definition) is 6. The Balaban J connectivity index is 2.05. The molecule has 1 aromatic heterocycles. The van der Waals surface area contributed by atoms with E-state index < -0.39 is 6.10 Å². The van der Waals surface area contributed by atoms with Crippen molar-refractivity contribution in [2.75, 3.05) is 31.6 Å². The number of aliphatic hydroxyl groups excluding tert-OH is 1. The lowest BCUT2D eigenvalue weighted by atomic mass is 10.1. The molecule has 2 N–H and O–H groups in total. The number of nitrogens with one attached hydrogen (secondary N) is 1. The van der Waals surface area contributed by atoms with Crippen molar-refractivity contribution >= 4 is 5.69 Å². The third-order valence-electron chi connectivity index (χ3n) is 3.48. The molecule has 1 aromatic rings. The van der Waals surface area contributed by atoms with E-state index >= 15 is 0 Å². The van der Waals surface area contributed by atoms with E-state index in [-0.39, 0.29) is 6.61 Å². The number of pyridine rings is 1. The number of fused-ring (bicyclic) bond motifs is 1. The highest BCUT2D eigenvalue weighted by atomic mass is 16.5. The largest absolute Gasteiger partial charge is 0.474 e. The summed E-state index contributed by atoms with van der Waals surface area (Å²) in [5, 5.41) is 22.4. The summed E-state index contributed by atoms with van der Waals surface area (Å²) in [6.45, 7) is 5.48. The smallest absolute Gasteiger partial charge is 0.233 e. The molecular weight excluding hydrogens is 268 g/mol. The number of rotatable bonds is 6. The van der Waals surface area contributed by atoms with Gasteiger partial charge in [-0.1, -0.05) is 13.8 Å². The van der Waals surface area contributed by atoms with Crippen LogP contribution in [-0.2, 0) is 6.42 Å². The lowest BCUT2D eigenvalue weighted by Crippen LogP contribution is -2.35. The number of aromatic nitrogens is 1. The first-order valence-corrected chi connectivity index (χ1v) is 7.20. The number of aliphatic hydroxyl groups is 1. The van der Waals surface area contributed by atoms with Gasteiger partial charge in [0.25, 0.3) is 0 Å². The molecule has 6 nitrogen and oxygen atoms in total. The fourth-order valence-electron chi connectivity index (χ4n) is 2.36. The van der Waals surface area contributed by atoms with E-state index in [1.807, 2.05) is 25.8 Å². The van der Waals surface area contributed by atoms with Crippen LogP contribution in [0, 0.1) is 11.3 Å². The standard InChI is InChI=1S/C15H22N4O2/c1-10(2)17-8-12(20)9-21-15-13(6-16)14-11(7-18-15)4-5-19(14)3/h7,10,12,17,20H,4-5,8-9H2,1-3H3. The average Bonchev–Trinajstić information content (AvgIpc) is 2.84. The van der Waals surface area contributed by atoms with Crippen LogP contribution in [0.25, 0.3) is 0 Å². The van der Waals surface area contributed by atoms with Gasteiger partial charge in [0.05, 0.1) is 5.69 Å². The number of hydrogen-bond donors (Lipinski definition) is 2. The highest BCUT2D eigenvalue weighted by molar-refractivity contribution is 5.69. The molecule has 1 atom stereocenters. The van der Waals surface area contributed by atoms with Gasteiger partial charge in [-0.25, -0.2) is 4.98 Å². The van der Waals surface area contributed by atoms with E-state index in [4.69, 9.17) is 4.74 Å². The minimum Gasteiger partial charge on any atom is -0.474 e. The van der Waals surface area contributed by atoms with Gasteiger partial charge in [0.15, 0.2) is 0 Å². The van der Waals surface area contributed by atoms with Crippen LogP contribution in [0.15, 0.2) is 6.20 Å². The third-order valence-corrected chi connectivity index (χ3v) is 3.48. The van der Waals surface area contributed by atoms with E-state index in [1.54, 1.807) is 6.20 Å². The predicted molar refractivity (Wildman–Crippen MR) is 80.6 cm³/mol. The molecule has 2 heterocycles. The van der Waals surface area contributed by atoms with Gasteiger partial charge in [0.2, 0.25) is 5.88 Å². The summed E-state index contributed by atoms with van der Waals surface area (Å²) in [7, 11) is 1.96. The van der Waals surface area contributed by atoms with Gasteiger partial charge < -0.3 is 20.1 Å². The summed E-state index contributed by atoms with van der Waals surface area (Å²) in [5.41, 5.74) is 2.43. The van der Waals surface area contributed by atoms with Gasteiger partial charge in [-0.15, -0.1) is 0 Å². The molecule has 0 amide bonds. The average molecular weight is 290 g/mol. The molecule has 114 valence electrons. The third kappa shape index (κ3) is 3.63. The molecular formula is C15H22N4O2. The molecule has 2 rings (SSSR count). The molecule has 0 saturated heterocycles. The van der Waals surface area contributed by atoms with Crippen molar-refractivity contribution < 1.29 is 9.84 Å². The van der Waals surface area contributed by atoms with Gasteiger partial charge >= 0.3 is 0 Å². The van der Waals surface area contributed by atoms with Crippen LogP contribution in [0.4, 0.5) is 5.69 Å². The number of likely N-dealkylation sites (N-methyl/N-ethyl adjacent to an activating group) is 1. The predicted octanol–water partition coefficient (Wildman–Crippen LogP) is 0.683. The van der Waals surface area contributed by atoms with Gasteiger partial charge in [0.1, 0.15) is 24.3 Å². The molecule has 0 aliphatic carbocycles. The van der Waals surface area contributed by atoms with Crippen LogP contribution in [-0.4, -0.2) is 49.0 Å². The summed E-state index contributed by atoms with van der Waals surface area (Å²) in [6, 6.07) is 2.48. The summed E-state index contributed by atoms with van der Waals surface area (Å²) >= 11 is 0. The zero-order chi connectivity index (χ0) is 15.4. The van der Waals surface area contributed by atoms with Crippen molar-refractivity contribution in [3.05, 3.63) is 17.3 Å². The maximum absolute atomic E-state index is 9.86. The van der Waals surface area contributed by atoms with Crippen LogP contribution < -0.4 is 15.0 Å². The molecule has 1 aliphatic rings. The Morgan fingerprint density at radius 2 is 2.33 bits per heavy atom. The Labute approximate surface area is 125 Å². The van der Waals surface area contributed by atoms with E-state index in [2.05, 4.69) is 16.4 Å². The molecule has 0 saturated carbocycles. The summed E-state index contributed by atoms with van der Waals surface area (Å²) in [5.74, 6) is 0.300. The van der Waals surface area contributed by atoms with Crippen LogP contribution in [0.3, 0.4) is 0 Å². The molecule has 0 spiro atoms. The normalized spacial score (nSPS) is 15.0. The molecule has 1 aliphatic heterocycles. The van der Waals surface area contributed by atoms with Gasteiger partial charge in [-0.05, 0) is 12.0 Å². The van der Waals surface area contributed by atoms with Crippen LogP contribution in [0.5, 0.6) is 5.88 Å².